The molecular weight excluding hydrogens is 301 g/mol. The van der Waals surface area contributed by atoms with E-state index in [1.165, 1.54) is 0 Å². The maximum absolute atomic E-state index is 12.2. The van der Waals surface area contributed by atoms with Crippen LogP contribution in [-0.4, -0.2) is 11.9 Å². The molecule has 0 heterocycles. The first-order valence-corrected chi connectivity index (χ1v) is 7.21. The summed E-state index contributed by atoms with van der Waals surface area (Å²) in [6.45, 7) is 0. The van der Waals surface area contributed by atoms with Crippen LogP contribution >= 0.6 is 23.2 Å². The Labute approximate surface area is 127 Å². The van der Waals surface area contributed by atoms with Gasteiger partial charge in [-0.1, -0.05) is 36.0 Å². The summed E-state index contributed by atoms with van der Waals surface area (Å²) in [5.74, 6) is -2.82. The van der Waals surface area contributed by atoms with Crippen molar-refractivity contribution in [3.05, 3.63) is 28.2 Å². The lowest BCUT2D eigenvalue weighted by Gasteiger charge is -2.31. The van der Waals surface area contributed by atoms with E-state index in [0.717, 1.165) is 12.8 Å². The highest BCUT2D eigenvalue weighted by molar-refractivity contribution is 6.35. The number of anilines is 1. The second-order valence-corrected chi connectivity index (χ2v) is 5.77. The van der Waals surface area contributed by atoms with Crippen LogP contribution in [0.15, 0.2) is 18.2 Å². The molecule has 1 fully saturated rings. The Kier molecular flexibility index (Phi) is 4.89. The zero-order chi connectivity index (χ0) is 14.7. The summed E-state index contributed by atoms with van der Waals surface area (Å²) in [4.78, 5) is 23.3. The van der Waals surface area contributed by atoms with Crippen molar-refractivity contribution in [2.24, 2.45) is 11.8 Å². The normalized spacial score (nSPS) is 22.3. The summed E-state index contributed by atoms with van der Waals surface area (Å²) < 4.78 is 0. The molecule has 2 unspecified atom stereocenters. The van der Waals surface area contributed by atoms with Crippen LogP contribution in [0, 0.1) is 11.8 Å². The molecule has 1 aromatic carbocycles. The van der Waals surface area contributed by atoms with Gasteiger partial charge in [0.05, 0.1) is 10.7 Å². The second kappa shape index (κ2) is 6.46. The van der Waals surface area contributed by atoms with Gasteiger partial charge in [-0.05, 0) is 31.0 Å². The molecule has 0 bridgehead atoms. The predicted octanol–water partition coefficient (Wildman–Crippen LogP) is 2.49. The van der Waals surface area contributed by atoms with Crippen molar-refractivity contribution in [2.75, 3.05) is 5.32 Å². The number of halogens is 2. The van der Waals surface area contributed by atoms with Gasteiger partial charge in [0.2, 0.25) is 5.91 Å². The molecule has 0 aliphatic heterocycles. The predicted molar refractivity (Wildman–Crippen MR) is 75.5 cm³/mol. The molecule has 1 aliphatic rings. The van der Waals surface area contributed by atoms with Gasteiger partial charge in [-0.3, -0.25) is 4.79 Å². The smallest absolute Gasteiger partial charge is 0.228 e. The Morgan fingerprint density at radius 1 is 1.15 bits per heavy atom. The standard InChI is InChI=1S/C14H15Cl2NO3/c15-8-5-6-11(16)12(7-8)17-13(18)9-3-1-2-4-10(9)14(19)20/h5-7,9-10H,1-4H2,(H,17,18)(H,19,20)/p-1. The zero-order valence-corrected chi connectivity index (χ0v) is 12.2. The first-order chi connectivity index (χ1) is 9.49. The molecule has 2 rings (SSSR count). The highest BCUT2D eigenvalue weighted by Crippen LogP contribution is 2.32. The van der Waals surface area contributed by atoms with Crippen molar-refractivity contribution in [2.45, 2.75) is 25.7 Å². The van der Waals surface area contributed by atoms with Crippen LogP contribution < -0.4 is 10.4 Å². The van der Waals surface area contributed by atoms with Gasteiger partial charge in [0.15, 0.2) is 0 Å². The van der Waals surface area contributed by atoms with Gasteiger partial charge < -0.3 is 15.2 Å². The molecule has 1 aliphatic carbocycles. The van der Waals surface area contributed by atoms with Crippen LogP contribution in [0.1, 0.15) is 25.7 Å². The molecule has 1 amide bonds. The fourth-order valence-corrected chi connectivity index (χ4v) is 2.88. The number of carbonyl (C=O) groups excluding carboxylic acids is 2. The van der Waals surface area contributed by atoms with E-state index >= 15 is 0 Å². The highest BCUT2D eigenvalue weighted by Gasteiger charge is 2.32. The third kappa shape index (κ3) is 3.44. The summed E-state index contributed by atoms with van der Waals surface area (Å²) >= 11 is 11.8. The van der Waals surface area contributed by atoms with Gasteiger partial charge in [-0.2, -0.15) is 0 Å². The zero-order valence-electron chi connectivity index (χ0n) is 10.7. The SMILES string of the molecule is O=C([O-])C1CCCCC1C(=O)Nc1cc(Cl)ccc1Cl. The maximum Gasteiger partial charge on any atom is 0.228 e. The molecule has 4 nitrogen and oxygen atoms in total. The van der Waals surface area contributed by atoms with Gasteiger partial charge in [0.1, 0.15) is 0 Å². The molecule has 0 radical (unpaired) electrons. The minimum Gasteiger partial charge on any atom is -0.550 e. The molecule has 0 spiro atoms. The van der Waals surface area contributed by atoms with Gasteiger partial charge in [0.25, 0.3) is 0 Å². The van der Waals surface area contributed by atoms with E-state index in [1.54, 1.807) is 18.2 Å². The first-order valence-electron chi connectivity index (χ1n) is 6.46. The number of amides is 1. The van der Waals surface area contributed by atoms with E-state index in [1.807, 2.05) is 0 Å². The Balaban J connectivity index is 2.14. The minimum atomic E-state index is -1.16. The Morgan fingerprint density at radius 3 is 2.45 bits per heavy atom. The number of hydrogen-bond donors (Lipinski definition) is 1. The van der Waals surface area contributed by atoms with Gasteiger partial charge in [-0.15, -0.1) is 0 Å². The number of benzene rings is 1. The largest absolute Gasteiger partial charge is 0.550 e. The lowest BCUT2D eigenvalue weighted by Crippen LogP contribution is -2.42. The van der Waals surface area contributed by atoms with Crippen LogP contribution in [0.2, 0.25) is 10.0 Å². The Bertz CT molecular complexity index is 533. The third-order valence-electron chi connectivity index (χ3n) is 3.59. The van der Waals surface area contributed by atoms with Crippen molar-refractivity contribution < 1.29 is 14.7 Å². The average molecular weight is 315 g/mol. The van der Waals surface area contributed by atoms with Gasteiger partial charge in [0, 0.05) is 22.8 Å². The second-order valence-electron chi connectivity index (χ2n) is 4.93. The van der Waals surface area contributed by atoms with Crippen LogP contribution in [0.3, 0.4) is 0 Å². The molecule has 1 N–H and O–H groups in total. The van der Waals surface area contributed by atoms with Gasteiger partial charge >= 0.3 is 0 Å². The average Bonchev–Trinajstić information content (AvgIpc) is 2.42. The Morgan fingerprint density at radius 2 is 1.80 bits per heavy atom. The van der Waals surface area contributed by atoms with E-state index in [0.29, 0.717) is 28.6 Å². The number of carbonyl (C=O) groups is 2. The lowest BCUT2D eigenvalue weighted by molar-refractivity contribution is -0.313. The molecular formula is C14H14Cl2NO3-. The number of rotatable bonds is 3. The van der Waals surface area contributed by atoms with E-state index in [-0.39, 0.29) is 5.91 Å². The Hall–Kier alpha value is -1.26. The van der Waals surface area contributed by atoms with Crippen LogP contribution in [0.25, 0.3) is 0 Å². The van der Waals surface area contributed by atoms with Crippen LogP contribution in [-0.2, 0) is 9.59 Å². The third-order valence-corrected chi connectivity index (χ3v) is 4.16. The quantitative estimate of drug-likeness (QED) is 0.931. The number of aliphatic carboxylic acids is 1. The number of carboxylic acids is 1. The number of nitrogens with one attached hydrogen (secondary N) is 1. The van der Waals surface area contributed by atoms with Crippen molar-refractivity contribution in [3.63, 3.8) is 0 Å². The fraction of sp³-hybridized carbons (Fsp3) is 0.429. The molecule has 6 heteroatoms. The van der Waals surface area contributed by atoms with Crippen molar-refractivity contribution >= 4 is 40.8 Å². The van der Waals surface area contributed by atoms with Gasteiger partial charge in [-0.25, -0.2) is 0 Å². The number of carboxylic acid groups (broad SMARTS) is 1. The lowest BCUT2D eigenvalue weighted by atomic mass is 9.78. The van der Waals surface area contributed by atoms with Crippen molar-refractivity contribution in [1.29, 1.82) is 0 Å². The van der Waals surface area contributed by atoms with E-state index < -0.39 is 17.8 Å². The molecule has 1 saturated carbocycles. The van der Waals surface area contributed by atoms with Crippen LogP contribution in [0.5, 0.6) is 0 Å². The first kappa shape index (κ1) is 15.1. The molecule has 2 atom stereocenters. The molecule has 1 aromatic rings. The minimum absolute atomic E-state index is 0.344. The highest BCUT2D eigenvalue weighted by atomic mass is 35.5. The topological polar surface area (TPSA) is 69.2 Å². The molecule has 108 valence electrons. The van der Waals surface area contributed by atoms with Crippen LogP contribution in [0.4, 0.5) is 5.69 Å². The van der Waals surface area contributed by atoms with E-state index in [4.69, 9.17) is 23.2 Å². The van der Waals surface area contributed by atoms with E-state index in [9.17, 15) is 14.7 Å². The molecule has 0 saturated heterocycles. The summed E-state index contributed by atoms with van der Waals surface area (Å²) in [6.07, 6.45) is 2.66. The summed E-state index contributed by atoms with van der Waals surface area (Å²) in [6, 6.07) is 4.74. The molecule has 20 heavy (non-hydrogen) atoms. The van der Waals surface area contributed by atoms with Crippen molar-refractivity contribution in [1.82, 2.24) is 0 Å². The molecule has 0 aromatic heterocycles. The van der Waals surface area contributed by atoms with E-state index in [2.05, 4.69) is 5.32 Å². The summed E-state index contributed by atoms with van der Waals surface area (Å²) in [5.41, 5.74) is 0.395. The number of hydrogen-bond acceptors (Lipinski definition) is 3. The maximum atomic E-state index is 12.2. The summed E-state index contributed by atoms with van der Waals surface area (Å²) in [7, 11) is 0. The van der Waals surface area contributed by atoms with Crippen molar-refractivity contribution in [3.8, 4) is 0 Å². The monoisotopic (exact) mass is 314 g/mol. The fourth-order valence-electron chi connectivity index (χ4n) is 2.55. The summed E-state index contributed by atoms with van der Waals surface area (Å²) in [5, 5.41) is 14.6.